The number of hydrogen-bond acceptors (Lipinski definition) is 5. The van der Waals surface area contributed by atoms with Crippen LogP contribution < -0.4 is 16.4 Å². The summed E-state index contributed by atoms with van der Waals surface area (Å²) in [4.78, 5) is 24.4. The van der Waals surface area contributed by atoms with E-state index in [1.54, 1.807) is 30.3 Å². The second-order valence-electron chi connectivity index (χ2n) is 7.31. The maximum absolute atomic E-state index is 13.3. The van der Waals surface area contributed by atoms with E-state index in [-0.39, 0.29) is 36.1 Å². The number of alkyl halides is 3. The molecule has 0 aliphatic carbocycles. The summed E-state index contributed by atoms with van der Waals surface area (Å²) in [5.41, 5.74) is 5.11. The van der Waals surface area contributed by atoms with Crippen LogP contribution in [0.25, 0.3) is 5.69 Å². The molecule has 0 radical (unpaired) electrons. The molecule has 0 saturated heterocycles. The largest absolute Gasteiger partial charge is 0.508 e. The zero-order valence-corrected chi connectivity index (χ0v) is 17.6. The van der Waals surface area contributed by atoms with Gasteiger partial charge in [0.15, 0.2) is 5.69 Å². The second kappa shape index (κ2) is 9.74. The molecule has 1 atom stereocenters. The Morgan fingerprint density at radius 1 is 1.09 bits per heavy atom. The Balaban J connectivity index is 1.89. The van der Waals surface area contributed by atoms with Crippen LogP contribution in [0, 0.1) is 0 Å². The number of aromatic hydroxyl groups is 1. The third-order valence-electron chi connectivity index (χ3n) is 4.70. The fraction of sp³-hybridized carbons (Fsp3) is 0.227. The molecule has 8 nitrogen and oxygen atoms in total. The van der Waals surface area contributed by atoms with E-state index in [1.807, 2.05) is 0 Å². The lowest BCUT2D eigenvalue weighted by atomic mass is 10.2. The van der Waals surface area contributed by atoms with Crippen molar-refractivity contribution >= 4 is 11.8 Å². The first kappa shape index (κ1) is 23.8. The van der Waals surface area contributed by atoms with Crippen LogP contribution >= 0.6 is 0 Å². The Morgan fingerprint density at radius 2 is 1.82 bits per heavy atom. The number of amides is 2. The summed E-state index contributed by atoms with van der Waals surface area (Å²) in [7, 11) is 0. The Bertz CT molecular complexity index is 1160. The zero-order chi connectivity index (χ0) is 24.2. The summed E-state index contributed by atoms with van der Waals surface area (Å²) in [6.07, 6.45) is -4.76. The van der Waals surface area contributed by atoms with Crippen LogP contribution in [0.4, 0.5) is 13.2 Å². The second-order valence-corrected chi connectivity index (χ2v) is 7.31. The molecular weight excluding hydrogens is 439 g/mol. The standard InChI is InChI=1S/C22H22F3N5O3/c1-13(26)20(32)27-11-14-5-4-7-16(9-14)30-17(10-19(29-30)22(23,24)25)21(33)28-12-15-6-2-3-8-18(15)31/h2-10,13,31H,11-12,26H2,1H3,(H,27,32)(H,28,33)/t13-/m0/s1. The first-order valence-electron chi connectivity index (χ1n) is 9.91. The summed E-state index contributed by atoms with van der Waals surface area (Å²) >= 11 is 0. The number of halogens is 3. The van der Waals surface area contributed by atoms with Crippen LogP contribution in [-0.4, -0.2) is 32.7 Å². The van der Waals surface area contributed by atoms with Crippen molar-refractivity contribution in [2.24, 2.45) is 5.73 Å². The Morgan fingerprint density at radius 3 is 2.48 bits per heavy atom. The fourth-order valence-electron chi connectivity index (χ4n) is 2.95. The average molecular weight is 461 g/mol. The van der Waals surface area contributed by atoms with Crippen LogP contribution in [-0.2, 0) is 24.1 Å². The van der Waals surface area contributed by atoms with Crippen molar-refractivity contribution in [1.29, 1.82) is 0 Å². The number of nitrogens with two attached hydrogens (primary N) is 1. The number of benzene rings is 2. The molecule has 0 bridgehead atoms. The monoisotopic (exact) mass is 461 g/mol. The van der Waals surface area contributed by atoms with Gasteiger partial charge >= 0.3 is 6.18 Å². The van der Waals surface area contributed by atoms with Crippen molar-refractivity contribution in [1.82, 2.24) is 20.4 Å². The van der Waals surface area contributed by atoms with Gasteiger partial charge in [0.1, 0.15) is 11.4 Å². The number of carbonyl (C=O) groups is 2. The minimum Gasteiger partial charge on any atom is -0.508 e. The number of phenols is 1. The van der Waals surface area contributed by atoms with Gasteiger partial charge in [-0.25, -0.2) is 4.68 Å². The lowest BCUT2D eigenvalue weighted by Crippen LogP contribution is -2.37. The highest BCUT2D eigenvalue weighted by molar-refractivity contribution is 5.93. The van der Waals surface area contributed by atoms with Gasteiger partial charge in [-0.3, -0.25) is 9.59 Å². The van der Waals surface area contributed by atoms with Crippen LogP contribution in [0.2, 0.25) is 0 Å². The number of carbonyl (C=O) groups excluding carboxylic acids is 2. The molecule has 0 aliphatic rings. The molecule has 0 spiro atoms. The molecule has 2 amide bonds. The molecule has 1 heterocycles. The molecule has 5 N–H and O–H groups in total. The first-order valence-corrected chi connectivity index (χ1v) is 9.91. The SMILES string of the molecule is C[C@H](N)C(=O)NCc1cccc(-n2nc(C(F)(F)F)cc2C(=O)NCc2ccccc2O)c1. The summed E-state index contributed by atoms with van der Waals surface area (Å²) in [5.74, 6) is -1.25. The van der Waals surface area contributed by atoms with Crippen molar-refractivity contribution in [3.63, 3.8) is 0 Å². The van der Waals surface area contributed by atoms with Gasteiger partial charge in [0, 0.05) is 24.7 Å². The minimum atomic E-state index is -4.76. The number of phenolic OH excluding ortho intramolecular Hbond substituents is 1. The van der Waals surface area contributed by atoms with Gasteiger partial charge in [0.05, 0.1) is 11.7 Å². The molecule has 11 heteroatoms. The minimum absolute atomic E-state index is 0.0520. The van der Waals surface area contributed by atoms with E-state index in [0.717, 1.165) is 4.68 Å². The summed E-state index contributed by atoms with van der Waals surface area (Å²) in [5, 5.41) is 18.5. The Kier molecular flexibility index (Phi) is 7.02. The van der Waals surface area contributed by atoms with Crippen LogP contribution in [0.3, 0.4) is 0 Å². The van der Waals surface area contributed by atoms with E-state index in [1.165, 1.54) is 25.1 Å². The van der Waals surface area contributed by atoms with Gasteiger partial charge in [-0.1, -0.05) is 30.3 Å². The van der Waals surface area contributed by atoms with E-state index >= 15 is 0 Å². The van der Waals surface area contributed by atoms with E-state index in [2.05, 4.69) is 15.7 Å². The molecule has 0 saturated carbocycles. The van der Waals surface area contributed by atoms with E-state index in [4.69, 9.17) is 5.73 Å². The van der Waals surface area contributed by atoms with E-state index in [0.29, 0.717) is 17.2 Å². The quantitative estimate of drug-likeness (QED) is 0.431. The third-order valence-corrected chi connectivity index (χ3v) is 4.70. The molecule has 0 unspecified atom stereocenters. The highest BCUT2D eigenvalue weighted by atomic mass is 19.4. The topological polar surface area (TPSA) is 122 Å². The molecule has 2 aromatic carbocycles. The van der Waals surface area contributed by atoms with Gasteiger partial charge in [0.2, 0.25) is 5.91 Å². The first-order chi connectivity index (χ1) is 15.6. The van der Waals surface area contributed by atoms with Crippen LogP contribution in [0.5, 0.6) is 5.75 Å². The average Bonchev–Trinajstić information content (AvgIpc) is 3.23. The lowest BCUT2D eigenvalue weighted by molar-refractivity contribution is -0.141. The maximum atomic E-state index is 13.3. The maximum Gasteiger partial charge on any atom is 0.435 e. The van der Waals surface area contributed by atoms with Gasteiger partial charge in [-0.2, -0.15) is 18.3 Å². The number of nitrogens with zero attached hydrogens (tertiary/aromatic N) is 2. The molecule has 0 aliphatic heterocycles. The van der Waals surface area contributed by atoms with Crippen molar-refractivity contribution < 1.29 is 27.9 Å². The fourth-order valence-corrected chi connectivity index (χ4v) is 2.95. The van der Waals surface area contributed by atoms with Crippen LogP contribution in [0.15, 0.2) is 54.6 Å². The zero-order valence-electron chi connectivity index (χ0n) is 17.6. The molecular formula is C22H22F3N5O3. The number of hydrogen-bond donors (Lipinski definition) is 4. The van der Waals surface area contributed by atoms with Crippen molar-refractivity contribution in [3.05, 3.63) is 77.1 Å². The number of aromatic nitrogens is 2. The lowest BCUT2D eigenvalue weighted by Gasteiger charge is -2.11. The molecule has 1 aromatic heterocycles. The normalized spacial score (nSPS) is 12.3. The predicted molar refractivity (Wildman–Crippen MR) is 113 cm³/mol. The Hall–Kier alpha value is -3.86. The van der Waals surface area contributed by atoms with Gasteiger partial charge in [0.25, 0.3) is 5.91 Å². The van der Waals surface area contributed by atoms with Crippen molar-refractivity contribution in [3.8, 4) is 11.4 Å². The van der Waals surface area contributed by atoms with Gasteiger partial charge in [-0.05, 0) is 30.7 Å². The molecule has 3 rings (SSSR count). The number of para-hydroxylation sites is 1. The van der Waals surface area contributed by atoms with Gasteiger partial charge < -0.3 is 21.5 Å². The summed E-state index contributed by atoms with van der Waals surface area (Å²) in [6.45, 7) is 1.52. The highest BCUT2D eigenvalue weighted by Gasteiger charge is 2.36. The molecule has 33 heavy (non-hydrogen) atoms. The van der Waals surface area contributed by atoms with Crippen LogP contribution in [0.1, 0.15) is 34.2 Å². The number of rotatable bonds is 7. The highest BCUT2D eigenvalue weighted by Crippen LogP contribution is 2.30. The third kappa shape index (κ3) is 5.89. The number of nitrogens with one attached hydrogen (secondary N) is 2. The summed E-state index contributed by atoms with van der Waals surface area (Å²) in [6, 6.07) is 12.4. The molecule has 0 fully saturated rings. The smallest absolute Gasteiger partial charge is 0.435 e. The predicted octanol–water partition coefficient (Wildman–Crippen LogP) is 2.49. The summed E-state index contributed by atoms with van der Waals surface area (Å²) < 4.78 is 40.9. The van der Waals surface area contributed by atoms with E-state index < -0.39 is 23.8 Å². The van der Waals surface area contributed by atoms with E-state index in [9.17, 15) is 27.9 Å². The van der Waals surface area contributed by atoms with Crippen molar-refractivity contribution in [2.75, 3.05) is 0 Å². The Labute approximate surface area is 187 Å². The van der Waals surface area contributed by atoms with Crippen molar-refractivity contribution in [2.45, 2.75) is 32.2 Å². The molecule has 174 valence electrons. The molecule has 3 aromatic rings. The van der Waals surface area contributed by atoms with Gasteiger partial charge in [-0.15, -0.1) is 0 Å².